The number of carbonyl (C=O) groups is 3. The first-order chi connectivity index (χ1) is 15.3. The van der Waals surface area contributed by atoms with E-state index in [2.05, 4.69) is 20.7 Å². The van der Waals surface area contributed by atoms with E-state index in [0.717, 1.165) is 6.26 Å². The van der Waals surface area contributed by atoms with Crippen LogP contribution in [0.2, 0.25) is 0 Å². The average molecular weight is 477 g/mol. The summed E-state index contributed by atoms with van der Waals surface area (Å²) in [6, 6.07) is 12.9. The Balaban J connectivity index is 1.94. The Morgan fingerprint density at radius 3 is 2.18 bits per heavy atom. The van der Waals surface area contributed by atoms with Crippen LogP contribution in [0.25, 0.3) is 0 Å². The van der Waals surface area contributed by atoms with Gasteiger partial charge in [0.25, 0.3) is 5.91 Å². The maximum Gasteiger partial charge on any atom is 0.408 e. The zero-order valence-corrected chi connectivity index (χ0v) is 19.7. The van der Waals surface area contributed by atoms with Crippen LogP contribution in [0.4, 0.5) is 16.2 Å². The van der Waals surface area contributed by atoms with Crippen LogP contribution in [0.1, 0.15) is 36.7 Å². The number of benzene rings is 2. The van der Waals surface area contributed by atoms with Crippen molar-refractivity contribution in [1.82, 2.24) is 10.6 Å². The molecule has 0 aliphatic carbocycles. The van der Waals surface area contributed by atoms with Crippen LogP contribution in [0.5, 0.6) is 0 Å². The van der Waals surface area contributed by atoms with Gasteiger partial charge < -0.3 is 20.7 Å². The van der Waals surface area contributed by atoms with Gasteiger partial charge in [-0.3, -0.25) is 14.3 Å². The van der Waals surface area contributed by atoms with E-state index in [1.54, 1.807) is 45.0 Å². The number of ether oxygens (including phenoxy) is 1. The topological polar surface area (TPSA) is 143 Å². The largest absolute Gasteiger partial charge is 0.444 e. The lowest BCUT2D eigenvalue weighted by atomic mass is 10.1. The van der Waals surface area contributed by atoms with Crippen molar-refractivity contribution in [2.45, 2.75) is 32.9 Å². The van der Waals surface area contributed by atoms with E-state index >= 15 is 0 Å². The van der Waals surface area contributed by atoms with Crippen LogP contribution in [-0.2, 0) is 26.1 Å². The summed E-state index contributed by atoms with van der Waals surface area (Å²) in [6.07, 6.45) is 0.347. The van der Waals surface area contributed by atoms with Gasteiger partial charge >= 0.3 is 6.09 Å². The number of hydrogen-bond acceptors (Lipinski definition) is 6. The third-order valence-electron chi connectivity index (χ3n) is 3.98. The molecule has 0 saturated carbocycles. The molecular weight excluding hydrogens is 448 g/mol. The minimum Gasteiger partial charge on any atom is -0.444 e. The number of sulfonamides is 1. The molecule has 33 heavy (non-hydrogen) atoms. The Morgan fingerprint density at radius 2 is 1.58 bits per heavy atom. The minimum atomic E-state index is -3.41. The van der Waals surface area contributed by atoms with Crippen molar-refractivity contribution in [2.75, 3.05) is 22.8 Å². The molecule has 0 unspecified atom stereocenters. The second-order valence-electron chi connectivity index (χ2n) is 8.20. The number of anilines is 2. The van der Waals surface area contributed by atoms with Crippen molar-refractivity contribution in [2.24, 2.45) is 0 Å². The zero-order valence-electron chi connectivity index (χ0n) is 18.9. The van der Waals surface area contributed by atoms with Crippen LogP contribution in [-0.4, -0.2) is 44.7 Å². The van der Waals surface area contributed by atoms with Crippen molar-refractivity contribution in [3.05, 3.63) is 59.7 Å². The molecule has 0 saturated heterocycles. The molecular formula is C22H28N4O6S. The molecule has 0 aliphatic heterocycles. The van der Waals surface area contributed by atoms with Gasteiger partial charge in [0.05, 0.1) is 6.26 Å². The van der Waals surface area contributed by atoms with Crippen molar-refractivity contribution in [3.63, 3.8) is 0 Å². The van der Waals surface area contributed by atoms with Crippen LogP contribution >= 0.6 is 0 Å². The second kappa shape index (κ2) is 10.8. The zero-order chi connectivity index (χ0) is 24.6. The molecule has 0 heterocycles. The third-order valence-corrected chi connectivity index (χ3v) is 4.59. The summed E-state index contributed by atoms with van der Waals surface area (Å²) in [5.41, 5.74) is 1.17. The molecule has 2 rings (SSSR count). The molecule has 0 fully saturated rings. The first kappa shape index (κ1) is 25.7. The summed E-state index contributed by atoms with van der Waals surface area (Å²) in [4.78, 5) is 36.3. The van der Waals surface area contributed by atoms with Crippen LogP contribution in [0.15, 0.2) is 48.5 Å². The predicted molar refractivity (Wildman–Crippen MR) is 125 cm³/mol. The molecule has 0 aromatic heterocycles. The number of amides is 3. The van der Waals surface area contributed by atoms with Gasteiger partial charge in [0.1, 0.15) is 12.1 Å². The fourth-order valence-corrected chi connectivity index (χ4v) is 3.18. The third kappa shape index (κ3) is 9.60. The van der Waals surface area contributed by atoms with Crippen molar-refractivity contribution >= 4 is 39.3 Å². The SMILES string of the molecule is CC(C)(C)OC(=O)NCC(=O)NCc1ccccc1NC(=O)c1ccc(NS(C)(=O)=O)cc1. The molecule has 11 heteroatoms. The Labute approximate surface area is 193 Å². The fourth-order valence-electron chi connectivity index (χ4n) is 2.62. The molecule has 0 atom stereocenters. The molecule has 0 radical (unpaired) electrons. The van der Waals surface area contributed by atoms with Gasteiger partial charge in [-0.05, 0) is 56.7 Å². The lowest BCUT2D eigenvalue weighted by molar-refractivity contribution is -0.120. The summed E-state index contributed by atoms with van der Waals surface area (Å²) in [6.45, 7) is 5.04. The number of hydrogen-bond donors (Lipinski definition) is 4. The van der Waals surface area contributed by atoms with E-state index in [1.807, 2.05) is 0 Å². The standard InChI is InChI=1S/C22H28N4O6S/c1-22(2,3)32-21(29)24-14-19(27)23-13-16-7-5-6-8-18(16)25-20(28)15-9-11-17(12-10-15)26-33(4,30)31/h5-12,26H,13-14H2,1-4H3,(H,23,27)(H,24,29)(H,25,28). The van der Waals surface area contributed by atoms with Gasteiger partial charge in [0.15, 0.2) is 0 Å². The predicted octanol–water partition coefficient (Wildman–Crippen LogP) is 2.45. The van der Waals surface area contributed by atoms with Crippen LogP contribution < -0.4 is 20.7 Å². The Kier molecular flexibility index (Phi) is 8.41. The van der Waals surface area contributed by atoms with E-state index in [9.17, 15) is 22.8 Å². The van der Waals surface area contributed by atoms with Gasteiger partial charge in [-0.25, -0.2) is 13.2 Å². The van der Waals surface area contributed by atoms with Crippen molar-refractivity contribution in [3.8, 4) is 0 Å². The highest BCUT2D eigenvalue weighted by molar-refractivity contribution is 7.92. The van der Waals surface area contributed by atoms with E-state index in [-0.39, 0.29) is 13.1 Å². The van der Waals surface area contributed by atoms with E-state index < -0.39 is 33.5 Å². The number of carbonyl (C=O) groups excluding carboxylic acids is 3. The van der Waals surface area contributed by atoms with Gasteiger partial charge in [-0.1, -0.05) is 18.2 Å². The molecule has 4 N–H and O–H groups in total. The number of nitrogens with one attached hydrogen (secondary N) is 4. The quantitative estimate of drug-likeness (QED) is 0.461. The summed E-state index contributed by atoms with van der Waals surface area (Å²) in [5, 5.41) is 7.83. The molecule has 2 aromatic rings. The van der Waals surface area contributed by atoms with Crippen LogP contribution in [0.3, 0.4) is 0 Å². The summed E-state index contributed by atoms with van der Waals surface area (Å²) in [7, 11) is -3.41. The molecule has 0 aliphatic rings. The number of rotatable bonds is 8. The summed E-state index contributed by atoms with van der Waals surface area (Å²) < 4.78 is 30.0. The minimum absolute atomic E-state index is 0.127. The molecule has 0 bridgehead atoms. The number of alkyl carbamates (subject to hydrolysis) is 1. The van der Waals surface area contributed by atoms with E-state index in [0.29, 0.717) is 22.5 Å². The maximum atomic E-state index is 12.6. The fraction of sp³-hybridized carbons (Fsp3) is 0.318. The first-order valence-corrected chi connectivity index (χ1v) is 11.9. The highest BCUT2D eigenvalue weighted by Gasteiger charge is 2.17. The van der Waals surface area contributed by atoms with Crippen molar-refractivity contribution in [1.29, 1.82) is 0 Å². The van der Waals surface area contributed by atoms with Gasteiger partial charge in [0, 0.05) is 23.5 Å². The van der Waals surface area contributed by atoms with Gasteiger partial charge in [0.2, 0.25) is 15.9 Å². The average Bonchev–Trinajstić information content (AvgIpc) is 2.69. The van der Waals surface area contributed by atoms with Crippen LogP contribution in [0, 0.1) is 0 Å². The van der Waals surface area contributed by atoms with Crippen molar-refractivity contribution < 1.29 is 27.5 Å². The Hall–Kier alpha value is -3.60. The molecule has 178 valence electrons. The Bertz CT molecular complexity index is 1110. The highest BCUT2D eigenvalue weighted by Crippen LogP contribution is 2.17. The van der Waals surface area contributed by atoms with Gasteiger partial charge in [-0.15, -0.1) is 0 Å². The molecule has 2 aromatic carbocycles. The maximum absolute atomic E-state index is 12.6. The number of para-hydroxylation sites is 1. The summed E-state index contributed by atoms with van der Waals surface area (Å²) >= 11 is 0. The highest BCUT2D eigenvalue weighted by atomic mass is 32.2. The normalized spacial score (nSPS) is 11.3. The van der Waals surface area contributed by atoms with Gasteiger partial charge in [-0.2, -0.15) is 0 Å². The van der Waals surface area contributed by atoms with E-state index in [1.165, 1.54) is 24.3 Å². The lowest BCUT2D eigenvalue weighted by Gasteiger charge is -2.19. The summed E-state index contributed by atoms with van der Waals surface area (Å²) in [5.74, 6) is -0.817. The lowest BCUT2D eigenvalue weighted by Crippen LogP contribution is -2.39. The monoisotopic (exact) mass is 476 g/mol. The molecule has 3 amide bonds. The van der Waals surface area contributed by atoms with E-state index in [4.69, 9.17) is 4.74 Å². The molecule has 10 nitrogen and oxygen atoms in total. The Morgan fingerprint density at radius 1 is 0.939 bits per heavy atom. The molecule has 0 spiro atoms. The second-order valence-corrected chi connectivity index (χ2v) is 9.94. The smallest absolute Gasteiger partial charge is 0.408 e. The first-order valence-electron chi connectivity index (χ1n) is 10.0.